The fourth-order valence-corrected chi connectivity index (χ4v) is 14.4. The standard InChI is InChI=1S/C65H72ClF3N14O4/c1-39-53(69)15-14-42-9-7-13-56(58(39)42)78-23-18-50-54(35-78)72-65(75-60(50)80-25-27-82(62(84)40(2)67)46(33-80)16-20-70)87-38-49-30-45(32-77(49)5)44-29-43-10-6-12-52(66)59(43)57(31-44)79-24-19-51-55(36-79)73-64(86-37-48-11-8-22-76(48)4)74-61(51)81-26-28-83(63(85)41(3)68)47(34-81)17-21-71/h6-7,9-10,12-15,29,31,45-49,62,84H,2-3,8,11,16-19,22-28,30,32-38H2,1,4-5H3/t45?,46-,47+,48-,49-,62?/m0/s1. The van der Waals surface area contributed by atoms with Gasteiger partial charge in [-0.3, -0.25) is 14.6 Å². The molecule has 6 aromatic rings. The topological polar surface area (TPSA) is 181 Å². The summed E-state index contributed by atoms with van der Waals surface area (Å²) in [5.74, 6) is -1.53. The summed E-state index contributed by atoms with van der Waals surface area (Å²) < 4.78 is 57.0. The summed E-state index contributed by atoms with van der Waals surface area (Å²) >= 11 is 7.17. The van der Waals surface area contributed by atoms with Gasteiger partial charge >= 0.3 is 12.0 Å². The highest BCUT2D eigenvalue weighted by molar-refractivity contribution is 6.36. The third-order valence-electron chi connectivity index (χ3n) is 18.9. The zero-order valence-electron chi connectivity index (χ0n) is 49.4. The molecule has 4 saturated heterocycles. The van der Waals surface area contributed by atoms with Crippen molar-refractivity contribution in [1.82, 2.24) is 39.5 Å². The Balaban J connectivity index is 0.819. The van der Waals surface area contributed by atoms with Crippen molar-refractivity contribution in [2.75, 3.05) is 112 Å². The van der Waals surface area contributed by atoms with Gasteiger partial charge in [0.1, 0.15) is 36.5 Å². The number of nitriles is 2. The number of halogens is 4. The van der Waals surface area contributed by atoms with E-state index in [0.717, 1.165) is 93.3 Å². The summed E-state index contributed by atoms with van der Waals surface area (Å²) in [5.41, 5.74) is 7.11. The largest absolute Gasteiger partial charge is 0.462 e. The van der Waals surface area contributed by atoms with E-state index in [-0.39, 0.29) is 68.3 Å². The smallest absolute Gasteiger partial charge is 0.318 e. The van der Waals surface area contributed by atoms with Crippen molar-refractivity contribution in [2.45, 2.75) is 101 Å². The maximum atomic E-state index is 15.2. The highest BCUT2D eigenvalue weighted by Crippen LogP contribution is 2.43. The molecule has 6 aliphatic heterocycles. The lowest BCUT2D eigenvalue weighted by atomic mass is 9.92. The Morgan fingerprint density at radius 3 is 2.01 bits per heavy atom. The van der Waals surface area contributed by atoms with E-state index in [1.54, 1.807) is 4.90 Å². The highest BCUT2D eigenvalue weighted by atomic mass is 35.5. The van der Waals surface area contributed by atoms with Gasteiger partial charge in [-0.15, -0.1) is 0 Å². The Morgan fingerprint density at radius 2 is 1.36 bits per heavy atom. The van der Waals surface area contributed by atoms with Crippen molar-refractivity contribution < 1.29 is 32.5 Å². The molecule has 0 bridgehead atoms. The van der Waals surface area contributed by atoms with Gasteiger partial charge in [0, 0.05) is 110 Å². The molecule has 2 unspecified atom stereocenters. The molecule has 0 saturated carbocycles. The van der Waals surface area contributed by atoms with Crippen molar-refractivity contribution in [3.05, 3.63) is 130 Å². The van der Waals surface area contributed by atoms with E-state index in [1.165, 1.54) is 11.0 Å². The molecular formula is C65H72ClF3N14O4. The number of hydrogen-bond donors (Lipinski definition) is 1. The second-order valence-corrected chi connectivity index (χ2v) is 24.5. The third-order valence-corrected chi connectivity index (χ3v) is 19.2. The molecular weight excluding hydrogens is 1130 g/mol. The molecule has 0 spiro atoms. The van der Waals surface area contributed by atoms with E-state index in [0.29, 0.717) is 94.1 Å². The van der Waals surface area contributed by atoms with Crippen molar-refractivity contribution >= 4 is 62.1 Å². The minimum Gasteiger partial charge on any atom is -0.462 e. The van der Waals surface area contributed by atoms with Gasteiger partial charge in [-0.1, -0.05) is 61.2 Å². The Bertz CT molecular complexity index is 3750. The second-order valence-electron chi connectivity index (χ2n) is 24.1. The van der Waals surface area contributed by atoms with Gasteiger partial charge in [-0.2, -0.15) is 30.5 Å². The SMILES string of the molecule is C=C(F)C(=O)N1CCN(c2nc(OC[C@@H]3CCCN3C)nc3c2CCN(c2cc(C4C[C@@H](COc5nc6c(c(N7CCN(C(O)C(=C)F)[C@@H](CC#N)C7)n5)CCN(c5cccc7ccc(F)c(C)c57)C6)N(C)C4)cc4cccc(Cl)c24)C3)C[C@H]1CC#N. The number of fused-ring (bicyclic) bond motifs is 4. The summed E-state index contributed by atoms with van der Waals surface area (Å²) in [7, 11) is 4.20. The van der Waals surface area contributed by atoms with Gasteiger partial charge in [0.2, 0.25) is 0 Å². The van der Waals surface area contributed by atoms with E-state index < -0.39 is 35.9 Å². The number of rotatable bonds is 16. The molecule has 8 heterocycles. The number of nitrogens with zero attached hydrogens (tertiary/aromatic N) is 14. The van der Waals surface area contributed by atoms with Crippen LogP contribution in [0.3, 0.4) is 0 Å². The van der Waals surface area contributed by atoms with Gasteiger partial charge in [-0.25, -0.2) is 13.2 Å². The van der Waals surface area contributed by atoms with Crippen LogP contribution in [0.5, 0.6) is 12.0 Å². The zero-order valence-corrected chi connectivity index (χ0v) is 50.2. The second kappa shape index (κ2) is 25.1. The first-order valence-corrected chi connectivity index (χ1v) is 30.5. The van der Waals surface area contributed by atoms with Crippen LogP contribution in [0.25, 0.3) is 21.5 Å². The van der Waals surface area contributed by atoms with Gasteiger partial charge in [-0.05, 0) is 112 Å². The maximum absolute atomic E-state index is 15.2. The number of piperazine rings is 2. The molecule has 6 atom stereocenters. The molecule has 4 fully saturated rings. The first-order chi connectivity index (χ1) is 42.0. The number of carbonyl (C=O) groups excluding carboxylic acids is 1. The van der Waals surface area contributed by atoms with Crippen molar-refractivity contribution in [1.29, 1.82) is 10.5 Å². The average Bonchev–Trinajstić information content (AvgIpc) is 1.45. The zero-order chi connectivity index (χ0) is 60.8. The molecule has 0 radical (unpaired) electrons. The quantitative estimate of drug-likeness (QED) is 0.0908. The van der Waals surface area contributed by atoms with Crippen molar-refractivity contribution in [3.63, 3.8) is 0 Å². The molecule has 1 N–H and O–H groups in total. The lowest BCUT2D eigenvalue weighted by Crippen LogP contribution is -2.57. The summed E-state index contributed by atoms with van der Waals surface area (Å²) in [5, 5.41) is 34.9. The number of likely N-dealkylation sites (tertiary alicyclic amines) is 2. The number of amides is 1. The first kappa shape index (κ1) is 59.5. The molecule has 6 aliphatic rings. The van der Waals surface area contributed by atoms with Crippen LogP contribution < -0.4 is 29.1 Å². The number of aryl methyl sites for hydroxylation is 1. The van der Waals surface area contributed by atoms with E-state index in [1.807, 2.05) is 43.3 Å². The highest BCUT2D eigenvalue weighted by Gasteiger charge is 2.39. The summed E-state index contributed by atoms with van der Waals surface area (Å²) in [4.78, 5) is 49.7. The molecule has 18 nitrogen and oxygen atoms in total. The van der Waals surface area contributed by atoms with Crippen LogP contribution in [-0.4, -0.2) is 174 Å². The number of benzene rings is 4. The van der Waals surface area contributed by atoms with Crippen LogP contribution in [0, 0.1) is 35.4 Å². The predicted octanol–water partition coefficient (Wildman–Crippen LogP) is 8.76. The van der Waals surface area contributed by atoms with Crippen LogP contribution in [0.2, 0.25) is 5.02 Å². The average molecular weight is 1210 g/mol. The number of ether oxygens (including phenoxy) is 2. The Morgan fingerprint density at radius 1 is 0.724 bits per heavy atom. The normalized spacial score (nSPS) is 22.3. The van der Waals surface area contributed by atoms with E-state index in [2.05, 4.69) is 87.0 Å². The fraction of sp³-hybridized carbons (Fsp3) is 0.462. The lowest BCUT2D eigenvalue weighted by Gasteiger charge is -2.43. The number of hydrogen-bond acceptors (Lipinski definition) is 17. The van der Waals surface area contributed by atoms with E-state index in [4.69, 9.17) is 41.0 Å². The Labute approximate surface area is 510 Å². The maximum Gasteiger partial charge on any atom is 0.318 e. The lowest BCUT2D eigenvalue weighted by molar-refractivity contribution is -0.131. The van der Waals surface area contributed by atoms with Gasteiger partial charge in [0.25, 0.3) is 5.91 Å². The van der Waals surface area contributed by atoms with Gasteiger partial charge < -0.3 is 44.0 Å². The molecule has 22 heteroatoms. The van der Waals surface area contributed by atoms with Crippen LogP contribution in [0.15, 0.2) is 85.5 Å². The number of aromatic nitrogens is 4. The van der Waals surface area contributed by atoms with E-state index >= 15 is 4.39 Å². The molecule has 4 aromatic carbocycles. The first-order valence-electron chi connectivity index (χ1n) is 30.1. The number of anilines is 4. The number of carbonyl (C=O) groups is 1. The Kier molecular flexibility index (Phi) is 17.2. The van der Waals surface area contributed by atoms with Crippen molar-refractivity contribution in [3.8, 4) is 24.2 Å². The molecule has 1 amide bonds. The summed E-state index contributed by atoms with van der Waals surface area (Å²) in [6.45, 7) is 14.7. The minimum atomic E-state index is -1.54. The molecule has 2 aromatic heterocycles. The number of aliphatic hydroxyl groups is 1. The summed E-state index contributed by atoms with van der Waals surface area (Å²) in [6.07, 6.45) is 2.56. The Hall–Kier alpha value is -7.79. The number of likely N-dealkylation sites (N-methyl/N-ethyl adjacent to an activating group) is 2. The molecule has 0 aliphatic carbocycles. The van der Waals surface area contributed by atoms with Gasteiger partial charge in [0.05, 0.1) is 60.5 Å². The van der Waals surface area contributed by atoms with Crippen LogP contribution in [-0.2, 0) is 30.7 Å². The van der Waals surface area contributed by atoms with Crippen LogP contribution in [0.4, 0.5) is 36.2 Å². The number of aliphatic hydroxyl groups excluding tert-OH is 1. The molecule has 454 valence electrons. The minimum absolute atomic E-state index is 0.0186. The fourth-order valence-electron chi connectivity index (χ4n) is 14.1. The van der Waals surface area contributed by atoms with Crippen LogP contribution >= 0.6 is 11.6 Å². The van der Waals surface area contributed by atoms with Gasteiger partial charge in [0.15, 0.2) is 12.1 Å². The third kappa shape index (κ3) is 11.9. The monoisotopic (exact) mass is 1200 g/mol. The molecule has 12 rings (SSSR count). The molecule has 87 heavy (non-hydrogen) atoms. The van der Waals surface area contributed by atoms with Crippen molar-refractivity contribution in [2.24, 2.45) is 0 Å². The van der Waals surface area contributed by atoms with E-state index in [9.17, 15) is 29.2 Å². The summed E-state index contributed by atoms with van der Waals surface area (Å²) in [6, 6.07) is 23.8. The predicted molar refractivity (Wildman–Crippen MR) is 329 cm³/mol. The van der Waals surface area contributed by atoms with Crippen LogP contribution in [0.1, 0.15) is 71.7 Å².